The van der Waals surface area contributed by atoms with Crippen molar-refractivity contribution in [2.75, 3.05) is 32.1 Å². The van der Waals surface area contributed by atoms with Crippen molar-refractivity contribution in [1.82, 2.24) is 4.90 Å². The van der Waals surface area contributed by atoms with Gasteiger partial charge in [0.15, 0.2) is 0 Å². The molecule has 0 saturated carbocycles. The van der Waals surface area contributed by atoms with Crippen LogP contribution in [-0.4, -0.2) is 38.1 Å². The molecule has 0 saturated heterocycles. The van der Waals surface area contributed by atoms with Crippen molar-refractivity contribution < 1.29 is 0 Å². The molecule has 1 rings (SSSR count). The van der Waals surface area contributed by atoms with Crippen LogP contribution in [0, 0.1) is 0 Å². The van der Waals surface area contributed by atoms with Gasteiger partial charge in [-0.15, -0.1) is 0 Å². The summed E-state index contributed by atoms with van der Waals surface area (Å²) in [5.41, 5.74) is 8.35. The maximum atomic E-state index is 5.95. The second-order valence-electron chi connectivity index (χ2n) is 5.39. The van der Waals surface area contributed by atoms with E-state index < -0.39 is 0 Å². The summed E-state index contributed by atoms with van der Waals surface area (Å²) in [7, 11) is 4.22. The van der Waals surface area contributed by atoms with Gasteiger partial charge >= 0.3 is 0 Å². The average Bonchev–Trinajstić information content (AvgIpc) is 2.28. The number of halogens is 1. The molecule has 0 amide bonds. The smallest absolute Gasteiger partial charge is 0.0388 e. The van der Waals surface area contributed by atoms with Gasteiger partial charge in [0.25, 0.3) is 0 Å². The molecule has 108 valence electrons. The Hall–Kier alpha value is -0.580. The Balaban J connectivity index is 2.96. The highest BCUT2D eigenvalue weighted by atomic mass is 79.9. The Morgan fingerprint density at radius 1 is 1.26 bits per heavy atom. The highest BCUT2D eigenvalue weighted by Crippen LogP contribution is 2.28. The van der Waals surface area contributed by atoms with Gasteiger partial charge in [0.2, 0.25) is 0 Å². The van der Waals surface area contributed by atoms with Crippen LogP contribution in [0.1, 0.15) is 32.4 Å². The minimum Gasteiger partial charge on any atom is -0.368 e. The number of benzene rings is 1. The summed E-state index contributed by atoms with van der Waals surface area (Å²) in [6, 6.07) is 6.99. The number of hydrogen-bond donors (Lipinski definition) is 1. The van der Waals surface area contributed by atoms with Gasteiger partial charge in [0.05, 0.1) is 0 Å². The molecular formula is C15H26BrN3. The van der Waals surface area contributed by atoms with Crippen LogP contribution in [0.3, 0.4) is 0 Å². The molecule has 0 aliphatic carbocycles. The van der Waals surface area contributed by atoms with E-state index in [9.17, 15) is 0 Å². The number of hydrogen-bond acceptors (Lipinski definition) is 3. The van der Waals surface area contributed by atoms with Crippen molar-refractivity contribution in [2.24, 2.45) is 5.73 Å². The molecule has 3 nitrogen and oxygen atoms in total. The monoisotopic (exact) mass is 327 g/mol. The molecule has 1 unspecified atom stereocenters. The largest absolute Gasteiger partial charge is 0.368 e. The lowest BCUT2D eigenvalue weighted by Gasteiger charge is -2.32. The van der Waals surface area contributed by atoms with E-state index >= 15 is 0 Å². The molecule has 0 spiro atoms. The number of likely N-dealkylation sites (N-methyl/N-ethyl adjacent to an activating group) is 2. The number of rotatable bonds is 6. The molecular weight excluding hydrogens is 302 g/mol. The number of nitrogens with zero attached hydrogens (tertiary/aromatic N) is 2. The Labute approximate surface area is 125 Å². The van der Waals surface area contributed by atoms with Crippen LogP contribution >= 0.6 is 15.9 Å². The summed E-state index contributed by atoms with van der Waals surface area (Å²) in [6.07, 6.45) is 0. The maximum absolute atomic E-state index is 5.95. The molecule has 1 aromatic carbocycles. The quantitative estimate of drug-likeness (QED) is 0.870. The van der Waals surface area contributed by atoms with Crippen LogP contribution < -0.4 is 10.6 Å². The predicted molar refractivity (Wildman–Crippen MR) is 87.8 cm³/mol. The van der Waals surface area contributed by atoms with Gasteiger partial charge in [0.1, 0.15) is 0 Å². The summed E-state index contributed by atoms with van der Waals surface area (Å²) in [6.45, 7) is 8.50. The van der Waals surface area contributed by atoms with Gasteiger partial charge in [-0.2, -0.15) is 0 Å². The molecule has 0 aromatic heterocycles. The van der Waals surface area contributed by atoms with Crippen LogP contribution in [0.4, 0.5) is 5.69 Å². The first-order chi connectivity index (χ1) is 8.86. The highest BCUT2D eigenvalue weighted by molar-refractivity contribution is 9.10. The Bertz CT molecular complexity index is 404. The fourth-order valence-corrected chi connectivity index (χ4v) is 3.17. The van der Waals surface area contributed by atoms with Gasteiger partial charge in [-0.3, -0.25) is 0 Å². The molecule has 1 aromatic rings. The van der Waals surface area contributed by atoms with Crippen LogP contribution in [-0.2, 0) is 0 Å². The van der Waals surface area contributed by atoms with Gasteiger partial charge in [-0.25, -0.2) is 0 Å². The second kappa shape index (κ2) is 7.27. The maximum Gasteiger partial charge on any atom is 0.0388 e. The zero-order valence-corrected chi connectivity index (χ0v) is 14.2. The van der Waals surface area contributed by atoms with E-state index in [1.165, 1.54) is 5.69 Å². The molecule has 4 heteroatoms. The van der Waals surface area contributed by atoms with Gasteiger partial charge < -0.3 is 15.5 Å². The van der Waals surface area contributed by atoms with Crippen molar-refractivity contribution in [3.8, 4) is 0 Å². The fourth-order valence-electron chi connectivity index (χ4n) is 2.44. The topological polar surface area (TPSA) is 32.5 Å². The first-order valence-electron chi connectivity index (χ1n) is 6.83. The zero-order chi connectivity index (χ0) is 14.6. The van der Waals surface area contributed by atoms with E-state index in [1.807, 2.05) is 6.92 Å². The van der Waals surface area contributed by atoms with Crippen LogP contribution in [0.5, 0.6) is 0 Å². The van der Waals surface area contributed by atoms with E-state index in [0.717, 1.165) is 23.1 Å². The minimum absolute atomic E-state index is 0.0534. The summed E-state index contributed by atoms with van der Waals surface area (Å²) in [4.78, 5) is 4.63. The van der Waals surface area contributed by atoms with Crippen LogP contribution in [0.25, 0.3) is 0 Å². The Morgan fingerprint density at radius 3 is 2.32 bits per heavy atom. The number of anilines is 1. The van der Waals surface area contributed by atoms with Crippen molar-refractivity contribution in [3.05, 3.63) is 28.2 Å². The third-order valence-corrected chi connectivity index (χ3v) is 4.00. The van der Waals surface area contributed by atoms with E-state index in [0.29, 0.717) is 6.04 Å². The van der Waals surface area contributed by atoms with Crippen LogP contribution in [0.15, 0.2) is 22.7 Å². The Morgan fingerprint density at radius 2 is 1.89 bits per heavy atom. The van der Waals surface area contributed by atoms with E-state index in [-0.39, 0.29) is 6.04 Å². The molecule has 0 heterocycles. The SMILES string of the molecule is CCN(c1ccc([C@@H](C)N)c(Br)c1)C(C)CN(C)C. The lowest BCUT2D eigenvalue weighted by Crippen LogP contribution is -2.40. The van der Waals surface area contributed by atoms with E-state index in [1.54, 1.807) is 0 Å². The first kappa shape index (κ1) is 16.5. The molecule has 0 radical (unpaired) electrons. The molecule has 0 aliphatic rings. The predicted octanol–water partition coefficient (Wildman–Crippen LogP) is 3.25. The summed E-state index contributed by atoms with van der Waals surface area (Å²) < 4.78 is 1.09. The third kappa shape index (κ3) is 4.48. The van der Waals surface area contributed by atoms with Crippen molar-refractivity contribution in [1.29, 1.82) is 0 Å². The van der Waals surface area contributed by atoms with Gasteiger partial charge in [-0.05, 0) is 52.6 Å². The zero-order valence-electron chi connectivity index (χ0n) is 12.7. The number of nitrogens with two attached hydrogens (primary N) is 1. The van der Waals surface area contributed by atoms with Crippen molar-refractivity contribution >= 4 is 21.6 Å². The summed E-state index contributed by atoms with van der Waals surface area (Å²) >= 11 is 3.63. The lowest BCUT2D eigenvalue weighted by molar-refractivity contribution is 0.373. The average molecular weight is 328 g/mol. The lowest BCUT2D eigenvalue weighted by atomic mass is 10.1. The Kier molecular flexibility index (Phi) is 6.30. The fraction of sp³-hybridized carbons (Fsp3) is 0.600. The molecule has 0 bridgehead atoms. The van der Waals surface area contributed by atoms with E-state index in [2.05, 4.69) is 71.9 Å². The summed E-state index contributed by atoms with van der Waals surface area (Å²) in [5, 5.41) is 0. The second-order valence-corrected chi connectivity index (χ2v) is 6.25. The highest BCUT2D eigenvalue weighted by Gasteiger charge is 2.15. The normalized spacial score (nSPS) is 14.5. The van der Waals surface area contributed by atoms with Crippen molar-refractivity contribution in [3.63, 3.8) is 0 Å². The van der Waals surface area contributed by atoms with Gasteiger partial charge in [0, 0.05) is 35.3 Å². The first-order valence-corrected chi connectivity index (χ1v) is 7.62. The molecule has 19 heavy (non-hydrogen) atoms. The molecule has 0 fully saturated rings. The van der Waals surface area contributed by atoms with Crippen molar-refractivity contribution in [2.45, 2.75) is 32.9 Å². The van der Waals surface area contributed by atoms with E-state index in [4.69, 9.17) is 5.73 Å². The molecule has 0 aliphatic heterocycles. The third-order valence-electron chi connectivity index (χ3n) is 3.31. The molecule has 2 atom stereocenters. The molecule has 2 N–H and O–H groups in total. The standard InChI is InChI=1S/C15H26BrN3/c1-6-19(11(2)10-18(4)5)13-7-8-14(12(3)17)15(16)9-13/h7-9,11-12H,6,10,17H2,1-5H3/t11?,12-/m1/s1. The van der Waals surface area contributed by atoms with Gasteiger partial charge in [-0.1, -0.05) is 22.0 Å². The summed E-state index contributed by atoms with van der Waals surface area (Å²) in [5.74, 6) is 0. The minimum atomic E-state index is 0.0534. The van der Waals surface area contributed by atoms with Crippen LogP contribution in [0.2, 0.25) is 0 Å².